The molecule has 0 saturated heterocycles. The summed E-state index contributed by atoms with van der Waals surface area (Å²) in [5.74, 6) is 0.179. The number of benzene rings is 3. The summed E-state index contributed by atoms with van der Waals surface area (Å²) in [7, 11) is 0. The van der Waals surface area contributed by atoms with Crippen LogP contribution >= 0.6 is 37.4 Å². The summed E-state index contributed by atoms with van der Waals surface area (Å²) in [6.07, 6.45) is 1.88. The summed E-state index contributed by atoms with van der Waals surface area (Å²) in [4.78, 5) is 0. The van der Waals surface area contributed by atoms with Gasteiger partial charge in [0.15, 0.2) is 21.5 Å². The largest absolute Gasteiger partial charge is 0.410 e. The third kappa shape index (κ3) is 4.32. The van der Waals surface area contributed by atoms with E-state index in [2.05, 4.69) is 66.7 Å². The first-order chi connectivity index (χ1) is 12.6. The molecule has 0 aliphatic heterocycles. The summed E-state index contributed by atoms with van der Waals surface area (Å²) in [6, 6.07) is 28.4. The van der Waals surface area contributed by atoms with Crippen LogP contribution in [0, 0.1) is 0 Å². The third-order valence-electron chi connectivity index (χ3n) is 3.95. The van der Waals surface area contributed by atoms with Gasteiger partial charge >= 0.3 is 0 Å². The molecular weight excluding hydrogens is 473 g/mol. The number of allylic oxidation sites excluding steroid dienone is 1. The molecule has 0 aliphatic carbocycles. The van der Waals surface area contributed by atoms with Crippen LogP contribution in [-0.4, -0.2) is 10.9 Å². The summed E-state index contributed by atoms with van der Waals surface area (Å²) in [5, 5.41) is 15.4. The van der Waals surface area contributed by atoms with Gasteiger partial charge in [0.25, 0.3) is 0 Å². The predicted octanol–water partition coefficient (Wildman–Crippen LogP) is 6.12. The molecule has 26 heavy (non-hydrogen) atoms. The zero-order valence-electron chi connectivity index (χ0n) is 13.8. The van der Waals surface area contributed by atoms with Crippen LogP contribution in [-0.2, 0) is 0 Å². The standard InChI is InChI=1S/C21H16Br2NOP/c22-18-13-11-17(12-14-18)21(24-25)15-16-26(23,19-7-3-1-4-8-19)20-9-5-2-6-10-20/h1-16H/p+1. The van der Waals surface area contributed by atoms with E-state index < -0.39 is 5.96 Å². The Kier molecular flexibility index (Phi) is 6.42. The monoisotopic (exact) mass is 488 g/mol. The maximum Gasteiger partial charge on any atom is 0.173 e. The molecule has 0 atom stereocenters. The molecule has 5 heteroatoms. The number of oxime groups is 1. The molecule has 3 aromatic carbocycles. The molecule has 0 spiro atoms. The molecular formula is C21H17Br2NOP+. The zero-order chi connectivity index (χ0) is 18.4. The van der Waals surface area contributed by atoms with Gasteiger partial charge in [-0.1, -0.05) is 69.6 Å². The van der Waals surface area contributed by atoms with Crippen LogP contribution in [0.1, 0.15) is 5.56 Å². The highest BCUT2D eigenvalue weighted by Gasteiger charge is 2.38. The van der Waals surface area contributed by atoms with Crippen LogP contribution in [0.25, 0.3) is 0 Å². The van der Waals surface area contributed by atoms with Crippen LogP contribution in [0.5, 0.6) is 0 Å². The number of hydrogen-bond donors (Lipinski definition) is 1. The Morgan fingerprint density at radius 2 is 1.31 bits per heavy atom. The first-order valence-corrected chi connectivity index (χ1v) is 12.7. The molecule has 0 heterocycles. The normalized spacial score (nSPS) is 12.5. The van der Waals surface area contributed by atoms with Gasteiger partial charge in [-0.3, -0.25) is 0 Å². The van der Waals surface area contributed by atoms with E-state index in [1.54, 1.807) is 0 Å². The summed E-state index contributed by atoms with van der Waals surface area (Å²) >= 11 is 7.45. The first kappa shape index (κ1) is 19.0. The number of rotatable bonds is 5. The molecule has 130 valence electrons. The fourth-order valence-electron chi connectivity index (χ4n) is 2.59. The minimum absolute atomic E-state index is 0.521. The summed E-state index contributed by atoms with van der Waals surface area (Å²) in [6.45, 7) is 0. The lowest BCUT2D eigenvalue weighted by molar-refractivity contribution is 0.320. The first-order valence-electron chi connectivity index (χ1n) is 8.00. The summed E-state index contributed by atoms with van der Waals surface area (Å²) in [5.41, 5.74) is 1.38. The van der Waals surface area contributed by atoms with Crippen molar-refractivity contribution in [1.29, 1.82) is 0 Å². The molecule has 3 rings (SSSR count). The van der Waals surface area contributed by atoms with Crippen molar-refractivity contribution in [3.63, 3.8) is 0 Å². The predicted molar refractivity (Wildman–Crippen MR) is 120 cm³/mol. The average molecular weight is 490 g/mol. The molecule has 0 radical (unpaired) electrons. The van der Waals surface area contributed by atoms with Crippen LogP contribution in [0.3, 0.4) is 0 Å². The van der Waals surface area contributed by atoms with E-state index in [1.165, 1.54) is 10.6 Å². The van der Waals surface area contributed by atoms with Crippen molar-refractivity contribution in [2.75, 3.05) is 0 Å². The van der Waals surface area contributed by atoms with Gasteiger partial charge in [-0.05, 0) is 36.4 Å². The molecule has 0 aliphatic rings. The molecule has 2 nitrogen and oxygen atoms in total. The SMILES string of the molecule is ON=C(C=C[P+](Br)(c1ccccc1)c1ccccc1)c1ccc(Br)cc1. The molecule has 0 saturated carbocycles. The average Bonchev–Trinajstić information content (AvgIpc) is 2.71. The van der Waals surface area contributed by atoms with E-state index in [-0.39, 0.29) is 0 Å². The lowest BCUT2D eigenvalue weighted by atomic mass is 10.1. The smallest absolute Gasteiger partial charge is 0.173 e. The van der Waals surface area contributed by atoms with Gasteiger partial charge in [0, 0.05) is 16.1 Å². The molecule has 0 amide bonds. The van der Waals surface area contributed by atoms with E-state index in [1.807, 2.05) is 66.7 Å². The maximum atomic E-state index is 9.51. The van der Waals surface area contributed by atoms with Crippen molar-refractivity contribution >= 4 is 53.7 Å². The lowest BCUT2D eigenvalue weighted by Crippen LogP contribution is -2.16. The van der Waals surface area contributed by atoms with Crippen molar-refractivity contribution in [3.8, 4) is 0 Å². The van der Waals surface area contributed by atoms with E-state index >= 15 is 0 Å². The molecule has 1 N–H and O–H groups in total. The fourth-order valence-corrected chi connectivity index (χ4v) is 6.83. The van der Waals surface area contributed by atoms with Crippen molar-refractivity contribution in [2.24, 2.45) is 5.16 Å². The minimum atomic E-state index is -1.94. The Morgan fingerprint density at radius 1 is 0.808 bits per heavy atom. The highest BCUT2D eigenvalue weighted by atomic mass is 79.9. The Balaban J connectivity index is 2.03. The topological polar surface area (TPSA) is 32.6 Å². The van der Waals surface area contributed by atoms with E-state index in [4.69, 9.17) is 0 Å². The third-order valence-corrected chi connectivity index (χ3v) is 10.3. The highest BCUT2D eigenvalue weighted by Crippen LogP contribution is 2.65. The van der Waals surface area contributed by atoms with Gasteiger partial charge in [0.2, 0.25) is 0 Å². The summed E-state index contributed by atoms with van der Waals surface area (Å²) < 4.78 is 0.985. The molecule has 0 fully saturated rings. The Bertz CT molecular complexity index is 870. The van der Waals surface area contributed by atoms with E-state index in [0.717, 1.165) is 10.0 Å². The van der Waals surface area contributed by atoms with Gasteiger partial charge in [-0.15, -0.1) is 0 Å². The fraction of sp³-hybridized carbons (Fsp3) is 0. The van der Waals surface area contributed by atoms with Crippen LogP contribution in [0.4, 0.5) is 0 Å². The number of halogens is 2. The van der Waals surface area contributed by atoms with Crippen LogP contribution in [0.15, 0.2) is 106 Å². The van der Waals surface area contributed by atoms with E-state index in [9.17, 15) is 5.21 Å². The van der Waals surface area contributed by atoms with E-state index in [0.29, 0.717) is 5.71 Å². The van der Waals surface area contributed by atoms with Gasteiger partial charge < -0.3 is 5.21 Å². The quantitative estimate of drug-likeness (QED) is 0.199. The highest BCUT2D eigenvalue weighted by molar-refractivity contribution is 9.44. The lowest BCUT2D eigenvalue weighted by Gasteiger charge is -2.15. The van der Waals surface area contributed by atoms with Gasteiger partial charge in [-0.2, -0.15) is 0 Å². The van der Waals surface area contributed by atoms with Crippen molar-refractivity contribution in [3.05, 3.63) is 107 Å². The molecule has 0 bridgehead atoms. The second kappa shape index (κ2) is 8.77. The van der Waals surface area contributed by atoms with Crippen molar-refractivity contribution in [2.45, 2.75) is 0 Å². The number of nitrogens with zero attached hydrogens (tertiary/aromatic N) is 1. The second-order valence-corrected chi connectivity index (χ2v) is 12.5. The second-order valence-electron chi connectivity index (χ2n) is 5.62. The van der Waals surface area contributed by atoms with Crippen molar-refractivity contribution in [1.82, 2.24) is 0 Å². The molecule has 0 aromatic heterocycles. The van der Waals surface area contributed by atoms with Gasteiger partial charge in [0.1, 0.15) is 16.3 Å². The van der Waals surface area contributed by atoms with Gasteiger partial charge in [0.05, 0.1) is 5.82 Å². The maximum absolute atomic E-state index is 9.51. The Morgan fingerprint density at radius 3 is 1.77 bits per heavy atom. The van der Waals surface area contributed by atoms with Crippen molar-refractivity contribution < 1.29 is 5.21 Å². The van der Waals surface area contributed by atoms with Crippen LogP contribution < -0.4 is 10.6 Å². The molecule has 3 aromatic rings. The number of hydrogen-bond acceptors (Lipinski definition) is 2. The molecule has 0 unspecified atom stereocenters. The zero-order valence-corrected chi connectivity index (χ0v) is 17.9. The Hall–Kier alpha value is -1.74. The van der Waals surface area contributed by atoms with Crippen LogP contribution in [0.2, 0.25) is 0 Å². The minimum Gasteiger partial charge on any atom is -0.410 e. The van der Waals surface area contributed by atoms with Gasteiger partial charge in [-0.25, -0.2) is 0 Å². The Labute approximate surface area is 170 Å².